The molecule has 0 atom stereocenters. The first kappa shape index (κ1) is 17.6. The van der Waals surface area contributed by atoms with Crippen molar-refractivity contribution >= 4 is 46.3 Å². The van der Waals surface area contributed by atoms with Gasteiger partial charge < -0.3 is 4.90 Å². The van der Waals surface area contributed by atoms with Gasteiger partial charge in [-0.2, -0.15) is 0 Å². The Morgan fingerprint density at radius 2 is 2.00 bits per heavy atom. The second-order valence-corrected chi connectivity index (χ2v) is 8.59. The predicted octanol–water partition coefficient (Wildman–Crippen LogP) is 5.54. The molecular weight excluding hydrogens is 384 g/mol. The summed E-state index contributed by atoms with van der Waals surface area (Å²) in [6.45, 7) is 0.796. The number of amides is 1. The highest BCUT2D eigenvalue weighted by molar-refractivity contribution is 8.01. The molecule has 6 heteroatoms. The molecule has 132 valence electrons. The third-order valence-electron chi connectivity index (χ3n) is 4.35. The van der Waals surface area contributed by atoms with Gasteiger partial charge in [0, 0.05) is 28.2 Å². The molecule has 0 fully saturated rings. The highest BCUT2D eigenvalue weighted by Gasteiger charge is 2.22. The van der Waals surface area contributed by atoms with Crippen LogP contribution in [0.25, 0.3) is 11.3 Å². The number of hydrogen-bond acceptors (Lipinski definition) is 4. The van der Waals surface area contributed by atoms with Crippen LogP contribution in [0.5, 0.6) is 0 Å². The van der Waals surface area contributed by atoms with Gasteiger partial charge in [0.15, 0.2) is 4.34 Å². The third-order valence-corrected chi connectivity index (χ3v) is 6.61. The number of carbonyl (C=O) groups is 1. The van der Waals surface area contributed by atoms with E-state index >= 15 is 0 Å². The summed E-state index contributed by atoms with van der Waals surface area (Å²) in [6.07, 6.45) is 2.06. The zero-order valence-corrected chi connectivity index (χ0v) is 16.4. The lowest BCUT2D eigenvalue weighted by Crippen LogP contribution is -2.36. The van der Waals surface area contributed by atoms with Crippen LogP contribution in [-0.4, -0.2) is 23.2 Å². The molecule has 1 amide bonds. The number of thiazole rings is 1. The lowest BCUT2D eigenvalue weighted by Gasteiger charge is -2.29. The summed E-state index contributed by atoms with van der Waals surface area (Å²) in [5, 5.41) is 2.73. The van der Waals surface area contributed by atoms with E-state index in [1.807, 2.05) is 52.7 Å². The molecule has 1 aromatic heterocycles. The molecule has 1 aliphatic rings. The summed E-state index contributed by atoms with van der Waals surface area (Å²) >= 11 is 9.01. The first-order valence-electron chi connectivity index (χ1n) is 8.43. The van der Waals surface area contributed by atoms with Crippen LogP contribution in [0.2, 0.25) is 5.02 Å². The van der Waals surface area contributed by atoms with E-state index in [2.05, 4.69) is 11.1 Å². The molecule has 4 rings (SSSR count). The van der Waals surface area contributed by atoms with E-state index in [-0.39, 0.29) is 5.91 Å². The first-order chi connectivity index (χ1) is 12.7. The van der Waals surface area contributed by atoms with Gasteiger partial charge in [-0.3, -0.25) is 4.79 Å². The third kappa shape index (κ3) is 3.80. The van der Waals surface area contributed by atoms with Crippen LogP contribution in [0.4, 0.5) is 5.69 Å². The largest absolute Gasteiger partial charge is 0.311 e. The number of para-hydroxylation sites is 1. The number of hydrogen-bond donors (Lipinski definition) is 0. The van der Waals surface area contributed by atoms with E-state index in [1.165, 1.54) is 17.3 Å². The summed E-state index contributed by atoms with van der Waals surface area (Å²) in [7, 11) is 0. The molecule has 0 saturated carbocycles. The molecule has 0 aliphatic carbocycles. The maximum absolute atomic E-state index is 12.7. The van der Waals surface area contributed by atoms with Crippen molar-refractivity contribution in [3.05, 3.63) is 64.5 Å². The molecule has 26 heavy (non-hydrogen) atoms. The number of aromatic nitrogens is 1. The fourth-order valence-corrected chi connectivity index (χ4v) is 4.91. The molecule has 1 aliphatic heterocycles. The highest BCUT2D eigenvalue weighted by atomic mass is 35.5. The Hall–Kier alpha value is -1.82. The number of benzene rings is 2. The first-order valence-corrected chi connectivity index (χ1v) is 10.7. The Labute approximate surface area is 166 Å². The van der Waals surface area contributed by atoms with E-state index < -0.39 is 0 Å². The number of carbonyl (C=O) groups excluding carboxylic acids is 1. The highest BCUT2D eigenvalue weighted by Crippen LogP contribution is 2.31. The molecule has 2 aromatic carbocycles. The summed E-state index contributed by atoms with van der Waals surface area (Å²) < 4.78 is 0.911. The van der Waals surface area contributed by atoms with Gasteiger partial charge in [0.1, 0.15) is 0 Å². The Balaban J connectivity index is 1.42. The molecule has 3 aromatic rings. The Morgan fingerprint density at radius 1 is 1.19 bits per heavy atom. The van der Waals surface area contributed by atoms with Crippen LogP contribution in [0, 0.1) is 0 Å². The minimum Gasteiger partial charge on any atom is -0.311 e. The number of fused-ring (bicyclic) bond motifs is 1. The van der Waals surface area contributed by atoms with Crippen molar-refractivity contribution in [3.8, 4) is 11.3 Å². The van der Waals surface area contributed by atoms with Gasteiger partial charge in [0.05, 0.1) is 11.4 Å². The quantitative estimate of drug-likeness (QED) is 0.539. The van der Waals surface area contributed by atoms with Gasteiger partial charge in [-0.1, -0.05) is 53.7 Å². The van der Waals surface area contributed by atoms with Crippen molar-refractivity contribution in [2.24, 2.45) is 0 Å². The van der Waals surface area contributed by atoms with Gasteiger partial charge in [-0.15, -0.1) is 11.3 Å². The van der Waals surface area contributed by atoms with Gasteiger partial charge in [0.25, 0.3) is 0 Å². The topological polar surface area (TPSA) is 33.2 Å². The number of nitrogens with zero attached hydrogens (tertiary/aromatic N) is 2. The Bertz CT molecular complexity index is 924. The van der Waals surface area contributed by atoms with E-state index in [0.717, 1.165) is 40.7 Å². The Morgan fingerprint density at radius 3 is 2.85 bits per heavy atom. The van der Waals surface area contributed by atoms with Gasteiger partial charge in [-0.05, 0) is 36.6 Å². The molecule has 0 bridgehead atoms. The number of anilines is 1. The second-order valence-electron chi connectivity index (χ2n) is 6.07. The van der Waals surface area contributed by atoms with Crippen LogP contribution < -0.4 is 4.90 Å². The number of thioether (sulfide) groups is 1. The van der Waals surface area contributed by atoms with Crippen LogP contribution in [0.3, 0.4) is 0 Å². The van der Waals surface area contributed by atoms with Crippen molar-refractivity contribution in [1.29, 1.82) is 0 Å². The van der Waals surface area contributed by atoms with Gasteiger partial charge in [-0.25, -0.2) is 4.98 Å². The van der Waals surface area contributed by atoms with Crippen LogP contribution >= 0.6 is 34.7 Å². The lowest BCUT2D eigenvalue weighted by atomic mass is 10.0. The smallest absolute Gasteiger partial charge is 0.237 e. The SMILES string of the molecule is O=C(CSc1nc(-c2ccc(Cl)cc2)cs1)N1CCCc2ccccc21. The van der Waals surface area contributed by atoms with Crippen molar-refractivity contribution in [2.45, 2.75) is 17.2 Å². The predicted molar refractivity (Wildman–Crippen MR) is 110 cm³/mol. The fraction of sp³-hybridized carbons (Fsp3) is 0.200. The zero-order chi connectivity index (χ0) is 17.9. The number of aryl methyl sites for hydroxylation is 1. The molecular formula is C20H17ClN2OS2. The van der Waals surface area contributed by atoms with Crippen LogP contribution in [-0.2, 0) is 11.2 Å². The number of rotatable bonds is 4. The Kier molecular flexibility index (Phi) is 5.29. The maximum Gasteiger partial charge on any atom is 0.237 e. The standard InChI is InChI=1S/C20H17ClN2OS2/c21-16-9-7-14(8-10-16)17-12-25-20(22-17)26-13-19(24)23-11-3-5-15-4-1-2-6-18(15)23/h1-2,4,6-10,12H,3,5,11,13H2. The average molecular weight is 401 g/mol. The fourth-order valence-electron chi connectivity index (χ4n) is 3.07. The lowest BCUT2D eigenvalue weighted by molar-refractivity contribution is -0.116. The summed E-state index contributed by atoms with van der Waals surface area (Å²) in [5.74, 6) is 0.549. The van der Waals surface area contributed by atoms with Gasteiger partial charge in [0.2, 0.25) is 5.91 Å². The molecule has 0 spiro atoms. The van der Waals surface area contributed by atoms with Crippen LogP contribution in [0.15, 0.2) is 58.3 Å². The minimum atomic E-state index is 0.144. The van der Waals surface area contributed by atoms with E-state index in [0.29, 0.717) is 10.8 Å². The van der Waals surface area contributed by atoms with Crippen LogP contribution in [0.1, 0.15) is 12.0 Å². The second kappa shape index (κ2) is 7.82. The normalized spacial score (nSPS) is 13.5. The number of halogens is 1. The van der Waals surface area contributed by atoms with Crippen molar-refractivity contribution < 1.29 is 4.79 Å². The van der Waals surface area contributed by atoms with Crippen molar-refractivity contribution in [3.63, 3.8) is 0 Å². The summed E-state index contributed by atoms with van der Waals surface area (Å²) in [5.41, 5.74) is 4.28. The maximum atomic E-state index is 12.7. The van der Waals surface area contributed by atoms with E-state index in [1.54, 1.807) is 11.3 Å². The van der Waals surface area contributed by atoms with Crippen molar-refractivity contribution in [2.75, 3.05) is 17.2 Å². The molecule has 0 radical (unpaired) electrons. The summed E-state index contributed by atoms with van der Waals surface area (Å²) in [4.78, 5) is 19.3. The monoisotopic (exact) mass is 400 g/mol. The zero-order valence-electron chi connectivity index (χ0n) is 14.0. The van der Waals surface area contributed by atoms with Gasteiger partial charge >= 0.3 is 0 Å². The minimum absolute atomic E-state index is 0.144. The molecule has 0 unspecified atom stereocenters. The van der Waals surface area contributed by atoms with Crippen molar-refractivity contribution in [1.82, 2.24) is 4.98 Å². The summed E-state index contributed by atoms with van der Waals surface area (Å²) in [6, 6.07) is 15.8. The average Bonchev–Trinajstić information content (AvgIpc) is 3.15. The molecule has 3 nitrogen and oxygen atoms in total. The molecule has 2 heterocycles. The molecule has 0 N–H and O–H groups in total. The van der Waals surface area contributed by atoms with E-state index in [4.69, 9.17) is 11.6 Å². The molecule has 0 saturated heterocycles. The van der Waals surface area contributed by atoms with E-state index in [9.17, 15) is 4.79 Å².